The first-order valence-electron chi connectivity index (χ1n) is 11.4. The molecule has 5 rings (SSSR count). The van der Waals surface area contributed by atoms with E-state index in [-0.39, 0.29) is 11.4 Å². The zero-order valence-electron chi connectivity index (χ0n) is 19.3. The minimum atomic E-state index is -0.490. The number of benzene rings is 2. The number of nitrogens with one attached hydrogen (secondary N) is 1. The third-order valence-corrected chi connectivity index (χ3v) is 6.56. The normalized spacial score (nSPS) is 12.7. The van der Waals surface area contributed by atoms with Crippen molar-refractivity contribution in [3.63, 3.8) is 0 Å². The van der Waals surface area contributed by atoms with E-state index in [1.54, 1.807) is 18.7 Å². The van der Waals surface area contributed by atoms with Crippen LogP contribution in [-0.4, -0.2) is 20.4 Å². The van der Waals surface area contributed by atoms with Crippen molar-refractivity contribution in [3.05, 3.63) is 86.7 Å². The Morgan fingerprint density at radius 2 is 1.94 bits per heavy atom. The molecule has 4 aromatic rings. The monoisotopic (exact) mass is 460 g/mol. The summed E-state index contributed by atoms with van der Waals surface area (Å²) in [5, 5.41) is 6.84. The fourth-order valence-electron chi connectivity index (χ4n) is 4.58. The van der Waals surface area contributed by atoms with Crippen LogP contribution in [0.2, 0.25) is 0 Å². The Kier molecular flexibility index (Phi) is 5.43. The Bertz CT molecular complexity index is 1460. The van der Waals surface area contributed by atoms with Gasteiger partial charge in [0.2, 0.25) is 0 Å². The Balaban J connectivity index is 1.50. The molecule has 0 bridgehead atoms. The van der Waals surface area contributed by atoms with Crippen LogP contribution in [0.4, 0.5) is 10.1 Å². The van der Waals surface area contributed by atoms with Crippen LogP contribution >= 0.6 is 0 Å². The van der Waals surface area contributed by atoms with Crippen molar-refractivity contribution in [2.24, 2.45) is 7.05 Å². The maximum absolute atomic E-state index is 13.3. The average molecular weight is 461 g/mol. The van der Waals surface area contributed by atoms with Gasteiger partial charge in [-0.25, -0.2) is 9.07 Å². The van der Waals surface area contributed by atoms with Crippen molar-refractivity contribution in [1.29, 1.82) is 0 Å². The number of halogens is 1. The Morgan fingerprint density at radius 3 is 2.68 bits per heavy atom. The van der Waals surface area contributed by atoms with Crippen molar-refractivity contribution >= 4 is 11.6 Å². The maximum Gasteiger partial charge on any atom is 0.295 e. The van der Waals surface area contributed by atoms with Gasteiger partial charge in [0.05, 0.1) is 11.4 Å². The molecule has 0 fully saturated rings. The number of rotatable bonds is 4. The molecule has 1 aliphatic rings. The largest absolute Gasteiger partial charge is 0.355 e. The highest BCUT2D eigenvalue weighted by atomic mass is 19.1. The third kappa shape index (κ3) is 3.55. The van der Waals surface area contributed by atoms with E-state index in [2.05, 4.69) is 29.5 Å². The number of carbonyl (C=O) groups excluding carboxylic acids is 1. The fourth-order valence-corrected chi connectivity index (χ4v) is 4.58. The molecule has 174 valence electrons. The van der Waals surface area contributed by atoms with Gasteiger partial charge in [-0.1, -0.05) is 30.3 Å². The van der Waals surface area contributed by atoms with E-state index in [0.29, 0.717) is 23.6 Å². The first-order valence-corrected chi connectivity index (χ1v) is 11.4. The third-order valence-electron chi connectivity index (χ3n) is 6.56. The predicted molar refractivity (Wildman–Crippen MR) is 127 cm³/mol. The standard InChI is InChI=1S/C26H25FN4O3/c1-4-16-8-13-20-17(14-16)6-5-7-21-23(29-34-24(20)21)25(32)28-22-15(2)30(3)31(26(22)33)19-11-9-18(27)10-12-19/h8-14H,4-7H2,1-3H3,(H,28,32). The lowest BCUT2D eigenvalue weighted by molar-refractivity contribution is 0.101. The molecule has 0 spiro atoms. The van der Waals surface area contributed by atoms with Gasteiger partial charge in [0, 0.05) is 18.2 Å². The van der Waals surface area contributed by atoms with Gasteiger partial charge in [0.1, 0.15) is 11.5 Å². The number of fused-ring (bicyclic) bond motifs is 3. The quantitative estimate of drug-likeness (QED) is 0.483. The number of nitrogens with zero attached hydrogens (tertiary/aromatic N) is 3. The van der Waals surface area contributed by atoms with Crippen LogP contribution in [0.3, 0.4) is 0 Å². The second-order valence-corrected chi connectivity index (χ2v) is 8.57. The molecule has 34 heavy (non-hydrogen) atoms. The highest BCUT2D eigenvalue weighted by molar-refractivity contribution is 6.05. The van der Waals surface area contributed by atoms with Crippen LogP contribution < -0.4 is 10.9 Å². The van der Waals surface area contributed by atoms with E-state index < -0.39 is 17.3 Å². The second-order valence-electron chi connectivity index (χ2n) is 8.57. The zero-order valence-corrected chi connectivity index (χ0v) is 19.3. The number of hydrogen-bond acceptors (Lipinski definition) is 4. The summed E-state index contributed by atoms with van der Waals surface area (Å²) >= 11 is 0. The topological polar surface area (TPSA) is 82.1 Å². The zero-order chi connectivity index (χ0) is 24.0. The van der Waals surface area contributed by atoms with Gasteiger partial charge in [0.15, 0.2) is 11.5 Å². The van der Waals surface area contributed by atoms with E-state index in [1.807, 2.05) is 6.07 Å². The summed E-state index contributed by atoms with van der Waals surface area (Å²) in [5.74, 6) is -0.264. The van der Waals surface area contributed by atoms with Crippen LogP contribution in [0, 0.1) is 12.7 Å². The molecule has 2 aromatic heterocycles. The molecule has 0 unspecified atom stereocenters. The highest BCUT2D eigenvalue weighted by Gasteiger charge is 2.28. The van der Waals surface area contributed by atoms with E-state index in [0.717, 1.165) is 30.4 Å². The molecule has 7 nitrogen and oxygen atoms in total. The maximum atomic E-state index is 13.3. The average Bonchev–Trinajstić information content (AvgIpc) is 3.27. The van der Waals surface area contributed by atoms with Crippen LogP contribution in [-0.2, 0) is 26.3 Å². The molecular weight excluding hydrogens is 435 g/mol. The summed E-state index contributed by atoms with van der Waals surface area (Å²) in [6.45, 7) is 3.86. The van der Waals surface area contributed by atoms with Crippen molar-refractivity contribution in [2.75, 3.05) is 5.32 Å². The molecule has 0 saturated heterocycles. The van der Waals surface area contributed by atoms with Gasteiger partial charge in [-0.15, -0.1) is 0 Å². The summed E-state index contributed by atoms with van der Waals surface area (Å²) < 4.78 is 22.0. The summed E-state index contributed by atoms with van der Waals surface area (Å²) in [6.07, 6.45) is 3.38. The lowest BCUT2D eigenvalue weighted by Gasteiger charge is -2.07. The van der Waals surface area contributed by atoms with Gasteiger partial charge in [-0.2, -0.15) is 0 Å². The molecule has 8 heteroatoms. The van der Waals surface area contributed by atoms with E-state index in [9.17, 15) is 14.0 Å². The van der Waals surface area contributed by atoms with Crippen LogP contribution in [0.25, 0.3) is 17.0 Å². The molecule has 1 amide bonds. The van der Waals surface area contributed by atoms with Crippen molar-refractivity contribution in [3.8, 4) is 17.0 Å². The number of hydrogen-bond donors (Lipinski definition) is 1. The van der Waals surface area contributed by atoms with Crippen LogP contribution in [0.5, 0.6) is 0 Å². The summed E-state index contributed by atoms with van der Waals surface area (Å²) in [4.78, 5) is 26.4. The molecule has 0 radical (unpaired) electrons. The molecular formula is C26H25FN4O3. The molecule has 2 heterocycles. The first kappa shape index (κ1) is 21.9. The molecule has 0 atom stereocenters. The number of aryl methyl sites for hydroxylation is 2. The smallest absolute Gasteiger partial charge is 0.295 e. The predicted octanol–water partition coefficient (Wildman–Crippen LogP) is 4.58. The summed E-state index contributed by atoms with van der Waals surface area (Å²) in [7, 11) is 1.71. The molecule has 2 aromatic carbocycles. The van der Waals surface area contributed by atoms with Gasteiger partial charge < -0.3 is 9.84 Å². The number of aromatic nitrogens is 3. The minimum absolute atomic E-state index is 0.148. The number of anilines is 1. The second kappa shape index (κ2) is 8.44. The minimum Gasteiger partial charge on any atom is -0.355 e. The number of amides is 1. The summed E-state index contributed by atoms with van der Waals surface area (Å²) in [5.41, 5.74) is 5.17. The molecule has 1 N–H and O–H groups in total. The number of carbonyl (C=O) groups is 1. The van der Waals surface area contributed by atoms with Crippen LogP contribution in [0.15, 0.2) is 51.8 Å². The van der Waals surface area contributed by atoms with Gasteiger partial charge >= 0.3 is 0 Å². The first-order chi connectivity index (χ1) is 16.4. The Labute approximate surface area is 195 Å². The van der Waals surface area contributed by atoms with E-state index in [1.165, 1.54) is 40.1 Å². The van der Waals surface area contributed by atoms with Crippen molar-refractivity contribution in [1.82, 2.24) is 14.5 Å². The Hall–Kier alpha value is -3.94. The van der Waals surface area contributed by atoms with Gasteiger partial charge in [0.25, 0.3) is 11.5 Å². The molecule has 1 aliphatic carbocycles. The SMILES string of the molecule is CCc1ccc2c(c1)CCCc1c(C(=O)Nc3c(C)n(C)n(-c4ccc(F)cc4)c3=O)noc1-2. The molecule has 0 aliphatic heterocycles. The Morgan fingerprint density at radius 1 is 1.18 bits per heavy atom. The van der Waals surface area contributed by atoms with E-state index in [4.69, 9.17) is 4.52 Å². The van der Waals surface area contributed by atoms with Crippen LogP contribution in [0.1, 0.15) is 46.2 Å². The van der Waals surface area contributed by atoms with E-state index >= 15 is 0 Å². The fraction of sp³-hybridized carbons (Fsp3) is 0.269. The lowest BCUT2D eigenvalue weighted by Crippen LogP contribution is -2.23. The lowest BCUT2D eigenvalue weighted by atomic mass is 9.99. The molecule has 0 saturated carbocycles. The van der Waals surface area contributed by atoms with Gasteiger partial charge in [-0.05, 0) is 68.0 Å². The van der Waals surface area contributed by atoms with Crippen molar-refractivity contribution < 1.29 is 13.7 Å². The van der Waals surface area contributed by atoms with Crippen molar-refractivity contribution in [2.45, 2.75) is 39.5 Å². The highest BCUT2D eigenvalue weighted by Crippen LogP contribution is 2.35. The summed E-state index contributed by atoms with van der Waals surface area (Å²) in [6, 6.07) is 11.9. The van der Waals surface area contributed by atoms with Gasteiger partial charge in [-0.3, -0.25) is 14.3 Å².